The molecule has 2 heterocycles. The molecule has 2 aromatic heterocycles. The number of carbonyl (C=O) groups excluding carboxylic acids is 1. The second-order valence-corrected chi connectivity index (χ2v) is 6.63. The Labute approximate surface area is 143 Å². The maximum atomic E-state index is 12.1. The first-order chi connectivity index (χ1) is 11.7. The van der Waals surface area contributed by atoms with Gasteiger partial charge in [-0.1, -0.05) is 31.0 Å². The third kappa shape index (κ3) is 3.92. The molecule has 1 saturated carbocycles. The highest BCUT2D eigenvalue weighted by Crippen LogP contribution is 2.28. The Kier molecular flexibility index (Phi) is 5.11. The van der Waals surface area contributed by atoms with Gasteiger partial charge in [0.2, 0.25) is 11.8 Å². The highest BCUT2D eigenvalue weighted by molar-refractivity contribution is 7.99. The zero-order valence-electron chi connectivity index (χ0n) is 13.1. The summed E-state index contributed by atoms with van der Waals surface area (Å²) in [6.45, 7) is 0. The SMILES string of the molecule is N#CC1(NC(=O)CSc2nnc(-c3ccncc3)o2)CCCCC1. The van der Waals surface area contributed by atoms with E-state index < -0.39 is 5.54 Å². The van der Waals surface area contributed by atoms with Gasteiger partial charge in [0.15, 0.2) is 0 Å². The van der Waals surface area contributed by atoms with Crippen molar-refractivity contribution >= 4 is 17.7 Å². The molecule has 0 unspecified atom stereocenters. The highest BCUT2D eigenvalue weighted by Gasteiger charge is 2.33. The van der Waals surface area contributed by atoms with Crippen molar-refractivity contribution in [1.29, 1.82) is 5.26 Å². The minimum atomic E-state index is -0.715. The first kappa shape index (κ1) is 16.5. The summed E-state index contributed by atoms with van der Waals surface area (Å²) in [5.74, 6) is 0.342. The summed E-state index contributed by atoms with van der Waals surface area (Å²) < 4.78 is 5.53. The molecule has 0 spiro atoms. The number of aromatic nitrogens is 3. The van der Waals surface area contributed by atoms with E-state index in [1.54, 1.807) is 24.5 Å². The van der Waals surface area contributed by atoms with E-state index in [1.165, 1.54) is 0 Å². The predicted octanol–water partition coefficient (Wildman–Crippen LogP) is 2.57. The van der Waals surface area contributed by atoms with Gasteiger partial charge in [0.05, 0.1) is 11.8 Å². The molecular formula is C16H17N5O2S. The van der Waals surface area contributed by atoms with Gasteiger partial charge in [-0.25, -0.2) is 0 Å². The Morgan fingerprint density at radius 2 is 2.04 bits per heavy atom. The lowest BCUT2D eigenvalue weighted by atomic mass is 9.83. The number of rotatable bonds is 5. The number of nitrogens with zero attached hydrogens (tertiary/aromatic N) is 4. The summed E-state index contributed by atoms with van der Waals surface area (Å²) in [5.41, 5.74) is 0.0619. The van der Waals surface area contributed by atoms with Gasteiger partial charge < -0.3 is 9.73 Å². The zero-order valence-corrected chi connectivity index (χ0v) is 13.9. The normalized spacial score (nSPS) is 16.3. The van der Waals surface area contributed by atoms with Gasteiger partial charge in [-0.15, -0.1) is 10.2 Å². The molecular weight excluding hydrogens is 326 g/mol. The van der Waals surface area contributed by atoms with Crippen LogP contribution in [0.25, 0.3) is 11.5 Å². The molecule has 1 fully saturated rings. The van der Waals surface area contributed by atoms with Crippen molar-refractivity contribution in [2.24, 2.45) is 0 Å². The van der Waals surface area contributed by atoms with Crippen molar-refractivity contribution < 1.29 is 9.21 Å². The maximum absolute atomic E-state index is 12.1. The van der Waals surface area contributed by atoms with Crippen LogP contribution in [0, 0.1) is 11.3 Å². The van der Waals surface area contributed by atoms with Gasteiger partial charge >= 0.3 is 0 Å². The number of pyridine rings is 1. The van der Waals surface area contributed by atoms with Crippen LogP contribution in [0.1, 0.15) is 32.1 Å². The smallest absolute Gasteiger partial charge is 0.277 e. The standard InChI is InChI=1S/C16H17N5O2S/c17-11-16(6-2-1-3-7-16)19-13(22)10-24-15-21-20-14(23-15)12-4-8-18-9-5-12/h4-5,8-9H,1-3,6-7,10H2,(H,19,22). The average Bonchev–Trinajstić information content (AvgIpc) is 3.11. The summed E-state index contributed by atoms with van der Waals surface area (Å²) in [5, 5.41) is 20.5. The summed E-state index contributed by atoms with van der Waals surface area (Å²) in [6, 6.07) is 5.82. The summed E-state index contributed by atoms with van der Waals surface area (Å²) in [4.78, 5) is 16.1. The molecule has 124 valence electrons. The molecule has 1 amide bonds. The number of amides is 1. The molecule has 0 radical (unpaired) electrons. The maximum Gasteiger partial charge on any atom is 0.277 e. The van der Waals surface area contributed by atoms with Gasteiger partial charge in [-0.05, 0) is 25.0 Å². The number of hydrogen-bond acceptors (Lipinski definition) is 7. The van der Waals surface area contributed by atoms with Gasteiger partial charge in [0, 0.05) is 18.0 Å². The van der Waals surface area contributed by atoms with Crippen molar-refractivity contribution in [3.05, 3.63) is 24.5 Å². The van der Waals surface area contributed by atoms with Crippen LogP contribution in [-0.2, 0) is 4.79 Å². The minimum absolute atomic E-state index is 0.140. The van der Waals surface area contributed by atoms with Crippen molar-refractivity contribution in [1.82, 2.24) is 20.5 Å². The first-order valence-corrected chi connectivity index (χ1v) is 8.78. The Hall–Kier alpha value is -2.40. The van der Waals surface area contributed by atoms with E-state index >= 15 is 0 Å². The van der Waals surface area contributed by atoms with Crippen LogP contribution in [0.4, 0.5) is 0 Å². The molecule has 2 aromatic rings. The van der Waals surface area contributed by atoms with Crippen LogP contribution in [0.2, 0.25) is 0 Å². The molecule has 7 nitrogen and oxygen atoms in total. The minimum Gasteiger partial charge on any atom is -0.411 e. The number of hydrogen-bond donors (Lipinski definition) is 1. The Morgan fingerprint density at radius 1 is 1.29 bits per heavy atom. The molecule has 1 N–H and O–H groups in total. The molecule has 0 aliphatic heterocycles. The third-order valence-electron chi connectivity index (χ3n) is 3.96. The van der Waals surface area contributed by atoms with Gasteiger partial charge in [-0.3, -0.25) is 9.78 Å². The second kappa shape index (κ2) is 7.45. The van der Waals surface area contributed by atoms with Crippen LogP contribution in [-0.4, -0.2) is 32.4 Å². The quantitative estimate of drug-likeness (QED) is 0.832. The summed E-state index contributed by atoms with van der Waals surface area (Å²) >= 11 is 1.16. The van der Waals surface area contributed by atoms with E-state index in [1.807, 2.05) is 0 Å². The summed E-state index contributed by atoms with van der Waals surface area (Å²) in [7, 11) is 0. The van der Waals surface area contributed by atoms with Gasteiger partial charge in [0.25, 0.3) is 5.22 Å². The van der Waals surface area contributed by atoms with E-state index in [9.17, 15) is 10.1 Å². The Morgan fingerprint density at radius 3 is 2.75 bits per heavy atom. The lowest BCUT2D eigenvalue weighted by Gasteiger charge is -2.31. The topological polar surface area (TPSA) is 105 Å². The Balaban J connectivity index is 1.55. The monoisotopic (exact) mass is 343 g/mol. The number of nitriles is 1. The first-order valence-electron chi connectivity index (χ1n) is 7.80. The van der Waals surface area contributed by atoms with Crippen LogP contribution in [0.3, 0.4) is 0 Å². The fourth-order valence-electron chi connectivity index (χ4n) is 2.73. The van der Waals surface area contributed by atoms with Gasteiger partial charge in [-0.2, -0.15) is 5.26 Å². The average molecular weight is 343 g/mol. The number of thioether (sulfide) groups is 1. The van der Waals surface area contributed by atoms with Crippen molar-refractivity contribution in [2.75, 3.05) is 5.75 Å². The number of carbonyl (C=O) groups is 1. The van der Waals surface area contributed by atoms with E-state index in [-0.39, 0.29) is 11.7 Å². The lowest BCUT2D eigenvalue weighted by molar-refractivity contribution is -0.120. The van der Waals surface area contributed by atoms with Crippen LogP contribution >= 0.6 is 11.8 Å². The molecule has 0 atom stereocenters. The van der Waals surface area contributed by atoms with Crippen LogP contribution in [0.15, 0.2) is 34.2 Å². The molecule has 1 aliphatic rings. The fourth-order valence-corrected chi connectivity index (χ4v) is 3.29. The molecule has 24 heavy (non-hydrogen) atoms. The molecule has 8 heteroatoms. The number of nitrogens with one attached hydrogen (secondary N) is 1. The molecule has 0 aromatic carbocycles. The molecule has 0 bridgehead atoms. The van der Waals surface area contributed by atoms with Gasteiger partial charge in [0.1, 0.15) is 5.54 Å². The molecule has 1 aliphatic carbocycles. The predicted molar refractivity (Wildman–Crippen MR) is 87.8 cm³/mol. The molecule has 3 rings (SSSR count). The Bertz CT molecular complexity index is 734. The van der Waals surface area contributed by atoms with Crippen molar-refractivity contribution in [3.63, 3.8) is 0 Å². The van der Waals surface area contributed by atoms with Crippen molar-refractivity contribution in [2.45, 2.75) is 42.9 Å². The van der Waals surface area contributed by atoms with Crippen molar-refractivity contribution in [3.8, 4) is 17.5 Å². The second-order valence-electron chi connectivity index (χ2n) is 5.70. The third-order valence-corrected chi connectivity index (χ3v) is 4.78. The summed E-state index contributed by atoms with van der Waals surface area (Å²) in [6.07, 6.45) is 7.78. The zero-order chi connectivity index (χ0) is 16.8. The molecule has 0 saturated heterocycles. The van der Waals surface area contributed by atoms with E-state index in [0.717, 1.165) is 36.6 Å². The van der Waals surface area contributed by atoms with E-state index in [4.69, 9.17) is 4.42 Å². The highest BCUT2D eigenvalue weighted by atomic mass is 32.2. The van der Waals surface area contributed by atoms with E-state index in [2.05, 4.69) is 26.6 Å². The van der Waals surface area contributed by atoms with E-state index in [0.29, 0.717) is 24.0 Å². The lowest BCUT2D eigenvalue weighted by Crippen LogP contribution is -2.49. The fraction of sp³-hybridized carbons (Fsp3) is 0.438. The largest absolute Gasteiger partial charge is 0.411 e. The van der Waals surface area contributed by atoms with Crippen LogP contribution < -0.4 is 5.32 Å². The van der Waals surface area contributed by atoms with Crippen LogP contribution in [0.5, 0.6) is 0 Å².